The Morgan fingerprint density at radius 1 is 1.15 bits per heavy atom. The number of anilines is 1. The van der Waals surface area contributed by atoms with Crippen LogP contribution in [0.4, 0.5) is 5.69 Å². The number of carbonyl (C=O) groups is 1. The number of nitrogens with zero attached hydrogens (tertiary/aromatic N) is 3. The summed E-state index contributed by atoms with van der Waals surface area (Å²) in [5.41, 5.74) is 3.63. The van der Waals surface area contributed by atoms with Crippen molar-refractivity contribution < 1.29 is 4.79 Å². The van der Waals surface area contributed by atoms with E-state index in [2.05, 4.69) is 20.5 Å². The quantitative estimate of drug-likeness (QED) is 0.459. The summed E-state index contributed by atoms with van der Waals surface area (Å²) >= 11 is 4.60. The molecule has 1 aromatic carbocycles. The molecule has 0 radical (unpaired) electrons. The summed E-state index contributed by atoms with van der Waals surface area (Å²) in [5, 5.41) is 15.3. The Bertz CT molecular complexity index is 1090. The minimum absolute atomic E-state index is 0.0758. The Hall–Kier alpha value is -2.29. The molecule has 5 nitrogen and oxygen atoms in total. The molecule has 1 amide bonds. The van der Waals surface area contributed by atoms with Crippen LogP contribution in [-0.4, -0.2) is 26.8 Å². The van der Waals surface area contributed by atoms with Crippen molar-refractivity contribution in [2.75, 3.05) is 11.1 Å². The fourth-order valence-electron chi connectivity index (χ4n) is 2.56. The van der Waals surface area contributed by atoms with Crippen LogP contribution in [0, 0.1) is 13.8 Å². The van der Waals surface area contributed by atoms with Crippen molar-refractivity contribution >= 4 is 56.2 Å². The van der Waals surface area contributed by atoms with Gasteiger partial charge in [0.1, 0.15) is 16.2 Å². The van der Waals surface area contributed by atoms with Gasteiger partial charge in [0.05, 0.1) is 20.3 Å². The average Bonchev–Trinajstić information content (AvgIpc) is 3.31. The summed E-state index contributed by atoms with van der Waals surface area (Å²) in [6.07, 6.45) is 0. The molecular weight excluding hydrogens is 396 g/mol. The lowest BCUT2D eigenvalue weighted by molar-refractivity contribution is -0.113. The maximum absolute atomic E-state index is 12.3. The molecule has 0 atom stereocenters. The van der Waals surface area contributed by atoms with Crippen LogP contribution in [0.3, 0.4) is 0 Å². The van der Waals surface area contributed by atoms with Gasteiger partial charge in [-0.05, 0) is 37.4 Å². The molecule has 1 N–H and O–H groups in total. The van der Waals surface area contributed by atoms with E-state index in [1.807, 2.05) is 55.6 Å². The van der Waals surface area contributed by atoms with Crippen molar-refractivity contribution in [1.82, 2.24) is 15.2 Å². The number of thiazole rings is 1. The molecule has 4 rings (SSSR count). The van der Waals surface area contributed by atoms with Gasteiger partial charge in [-0.1, -0.05) is 35.5 Å². The second kappa shape index (κ2) is 7.75. The molecular formula is C19H16N4OS3. The fraction of sp³-hybridized carbons (Fsp3) is 0.158. The Balaban J connectivity index is 1.53. The van der Waals surface area contributed by atoms with Crippen molar-refractivity contribution in [2.24, 2.45) is 0 Å². The fourth-order valence-corrected chi connectivity index (χ4v) is 5.05. The zero-order valence-corrected chi connectivity index (χ0v) is 17.2. The highest BCUT2D eigenvalue weighted by atomic mass is 32.2. The van der Waals surface area contributed by atoms with Crippen LogP contribution < -0.4 is 5.32 Å². The van der Waals surface area contributed by atoms with Gasteiger partial charge in [-0.2, -0.15) is 0 Å². The van der Waals surface area contributed by atoms with Crippen LogP contribution in [0.25, 0.3) is 20.8 Å². The SMILES string of the molecule is Cc1ccc(NC(=O)CSc2nnc(-c3cccs3)c3sc(C)nc23)cc1. The van der Waals surface area contributed by atoms with Gasteiger partial charge in [0.15, 0.2) is 0 Å². The largest absolute Gasteiger partial charge is 0.325 e. The van der Waals surface area contributed by atoms with E-state index in [0.717, 1.165) is 37.0 Å². The van der Waals surface area contributed by atoms with Gasteiger partial charge in [-0.25, -0.2) is 4.98 Å². The van der Waals surface area contributed by atoms with E-state index in [4.69, 9.17) is 0 Å². The number of carbonyl (C=O) groups excluding carboxylic acids is 1. The van der Waals surface area contributed by atoms with E-state index in [1.54, 1.807) is 22.7 Å². The van der Waals surface area contributed by atoms with Gasteiger partial charge in [0.2, 0.25) is 5.91 Å². The zero-order valence-electron chi connectivity index (χ0n) is 14.7. The zero-order chi connectivity index (χ0) is 18.8. The third-order valence-corrected chi connectivity index (χ3v) is 6.63. The highest BCUT2D eigenvalue weighted by Crippen LogP contribution is 2.36. The summed E-state index contributed by atoms with van der Waals surface area (Å²) in [6.45, 7) is 3.99. The number of rotatable bonds is 5. The normalized spacial score (nSPS) is 11.0. The molecule has 4 aromatic rings. The first-order valence-corrected chi connectivity index (χ1v) is 11.0. The molecule has 0 aliphatic rings. The lowest BCUT2D eigenvalue weighted by Crippen LogP contribution is -2.14. The van der Waals surface area contributed by atoms with Crippen LogP contribution in [0.2, 0.25) is 0 Å². The molecule has 0 unspecified atom stereocenters. The second-order valence-corrected chi connectivity index (χ2v) is 9.06. The lowest BCUT2D eigenvalue weighted by Gasteiger charge is -2.06. The van der Waals surface area contributed by atoms with Crippen molar-refractivity contribution in [1.29, 1.82) is 0 Å². The Morgan fingerprint density at radius 2 is 1.96 bits per heavy atom. The summed E-state index contributed by atoms with van der Waals surface area (Å²) in [6, 6.07) is 11.8. The molecule has 8 heteroatoms. The van der Waals surface area contributed by atoms with Crippen molar-refractivity contribution in [3.05, 3.63) is 52.3 Å². The predicted molar refractivity (Wildman–Crippen MR) is 114 cm³/mol. The first-order valence-electron chi connectivity index (χ1n) is 8.27. The second-order valence-electron chi connectivity index (χ2n) is 5.94. The maximum atomic E-state index is 12.3. The van der Waals surface area contributed by atoms with Crippen molar-refractivity contribution in [3.63, 3.8) is 0 Å². The highest BCUT2D eigenvalue weighted by molar-refractivity contribution is 8.00. The number of hydrogen-bond donors (Lipinski definition) is 1. The number of aryl methyl sites for hydroxylation is 2. The molecule has 3 heterocycles. The van der Waals surface area contributed by atoms with Gasteiger partial charge in [0.25, 0.3) is 0 Å². The maximum Gasteiger partial charge on any atom is 0.234 e. The average molecular weight is 413 g/mol. The van der Waals surface area contributed by atoms with E-state index in [0.29, 0.717) is 5.03 Å². The van der Waals surface area contributed by atoms with Gasteiger partial charge in [-0.3, -0.25) is 4.79 Å². The molecule has 0 aliphatic heterocycles. The molecule has 136 valence electrons. The van der Waals surface area contributed by atoms with Gasteiger partial charge < -0.3 is 5.32 Å². The summed E-state index contributed by atoms with van der Waals surface area (Å²) in [4.78, 5) is 18.0. The lowest BCUT2D eigenvalue weighted by atomic mass is 10.2. The molecule has 0 saturated carbocycles. The minimum atomic E-state index is -0.0758. The van der Waals surface area contributed by atoms with Crippen LogP contribution in [-0.2, 0) is 4.79 Å². The summed E-state index contributed by atoms with van der Waals surface area (Å²) < 4.78 is 1.02. The smallest absolute Gasteiger partial charge is 0.234 e. The van der Waals surface area contributed by atoms with Crippen LogP contribution in [0.15, 0.2) is 46.8 Å². The van der Waals surface area contributed by atoms with Crippen molar-refractivity contribution in [3.8, 4) is 10.6 Å². The summed E-state index contributed by atoms with van der Waals surface area (Å²) in [5.74, 6) is 0.181. The Morgan fingerprint density at radius 3 is 2.70 bits per heavy atom. The van der Waals surface area contributed by atoms with Gasteiger partial charge in [0, 0.05) is 5.69 Å². The molecule has 27 heavy (non-hydrogen) atoms. The third-order valence-electron chi connectivity index (χ3n) is 3.82. The van der Waals surface area contributed by atoms with E-state index in [9.17, 15) is 4.79 Å². The Kier molecular flexibility index (Phi) is 5.20. The number of thiophene rings is 1. The number of amides is 1. The monoisotopic (exact) mass is 412 g/mol. The molecule has 0 bridgehead atoms. The number of fused-ring (bicyclic) bond motifs is 1. The third kappa shape index (κ3) is 4.02. The number of nitrogens with one attached hydrogen (secondary N) is 1. The van der Waals surface area contributed by atoms with Crippen molar-refractivity contribution in [2.45, 2.75) is 18.9 Å². The molecule has 0 saturated heterocycles. The number of hydrogen-bond acceptors (Lipinski definition) is 7. The predicted octanol–water partition coefficient (Wildman–Crippen LogP) is 5.16. The van der Waals surface area contributed by atoms with E-state index < -0.39 is 0 Å². The molecule has 0 spiro atoms. The standard InChI is InChI=1S/C19H16N4OS3/c1-11-5-7-13(8-6-11)21-15(24)10-26-19-17-18(27-12(2)20-17)16(22-23-19)14-4-3-9-25-14/h3-9H,10H2,1-2H3,(H,21,24). The van der Waals surface area contributed by atoms with Gasteiger partial charge >= 0.3 is 0 Å². The van der Waals surface area contributed by atoms with Crippen LogP contribution in [0.1, 0.15) is 10.6 Å². The highest BCUT2D eigenvalue weighted by Gasteiger charge is 2.17. The molecule has 3 aromatic heterocycles. The van der Waals surface area contributed by atoms with Crippen LogP contribution >= 0.6 is 34.4 Å². The molecule has 0 aliphatic carbocycles. The number of thioether (sulfide) groups is 1. The first kappa shape index (κ1) is 18.1. The minimum Gasteiger partial charge on any atom is -0.325 e. The topological polar surface area (TPSA) is 67.8 Å². The summed E-state index contributed by atoms with van der Waals surface area (Å²) in [7, 11) is 0. The first-order chi connectivity index (χ1) is 13.1. The Labute approximate surface area is 168 Å². The van der Waals surface area contributed by atoms with E-state index in [1.165, 1.54) is 11.8 Å². The molecule has 0 fully saturated rings. The van der Waals surface area contributed by atoms with Gasteiger partial charge in [-0.15, -0.1) is 32.9 Å². The van der Waals surface area contributed by atoms with Crippen LogP contribution in [0.5, 0.6) is 0 Å². The number of aromatic nitrogens is 3. The van der Waals surface area contributed by atoms with E-state index in [-0.39, 0.29) is 11.7 Å². The van der Waals surface area contributed by atoms with E-state index >= 15 is 0 Å². The number of benzene rings is 1.